The Morgan fingerprint density at radius 1 is 0.923 bits per heavy atom. The molecule has 1 aliphatic heterocycles. The van der Waals surface area contributed by atoms with Crippen molar-refractivity contribution in [3.63, 3.8) is 0 Å². The fourth-order valence-corrected chi connectivity index (χ4v) is 2.95. The number of carbonyl (C=O) groups is 1. The van der Waals surface area contributed by atoms with Gasteiger partial charge in [-0.1, -0.05) is 0 Å². The van der Waals surface area contributed by atoms with Crippen LogP contribution in [0.5, 0.6) is 0 Å². The summed E-state index contributed by atoms with van der Waals surface area (Å²) in [5.74, 6) is -2.67. The van der Waals surface area contributed by atoms with E-state index in [-0.39, 0.29) is 11.4 Å². The molecule has 0 saturated carbocycles. The molecule has 1 amide bonds. The van der Waals surface area contributed by atoms with Crippen molar-refractivity contribution in [2.24, 2.45) is 0 Å². The van der Waals surface area contributed by atoms with Crippen molar-refractivity contribution in [1.82, 2.24) is 10.2 Å². The predicted octanol–water partition coefficient (Wildman–Crippen LogP) is 2.66. The third-order valence-electron chi connectivity index (χ3n) is 4.46. The maximum atomic E-state index is 13.2. The van der Waals surface area contributed by atoms with E-state index >= 15 is 0 Å². The second-order valence-corrected chi connectivity index (χ2v) is 6.19. The van der Waals surface area contributed by atoms with Crippen LogP contribution in [0.25, 0.3) is 0 Å². The van der Waals surface area contributed by atoms with Gasteiger partial charge in [-0.2, -0.15) is 0 Å². The van der Waals surface area contributed by atoms with Gasteiger partial charge in [0.25, 0.3) is 5.91 Å². The van der Waals surface area contributed by atoms with Crippen LogP contribution in [0.2, 0.25) is 0 Å². The van der Waals surface area contributed by atoms with Crippen LogP contribution in [0.3, 0.4) is 0 Å². The number of carbonyl (C=O) groups excluding carboxylic acids is 1. The maximum Gasteiger partial charge on any atom is 0.251 e. The molecule has 3 rings (SSSR count). The van der Waals surface area contributed by atoms with Gasteiger partial charge in [0.2, 0.25) is 0 Å². The minimum absolute atomic E-state index is 0.102. The van der Waals surface area contributed by atoms with Crippen molar-refractivity contribution in [3.05, 3.63) is 65.5 Å². The molecule has 138 valence electrons. The average molecular weight is 363 g/mol. The first-order valence-corrected chi connectivity index (χ1v) is 8.49. The number of nitrogens with one attached hydrogen (secondary N) is 1. The van der Waals surface area contributed by atoms with Gasteiger partial charge in [0.15, 0.2) is 11.6 Å². The molecule has 7 heteroatoms. The molecular formula is C19H20F3N3O. The summed E-state index contributed by atoms with van der Waals surface area (Å²) in [7, 11) is 0. The molecule has 0 radical (unpaired) electrons. The first kappa shape index (κ1) is 18.3. The van der Waals surface area contributed by atoms with Gasteiger partial charge in [-0.05, 0) is 42.5 Å². The molecule has 26 heavy (non-hydrogen) atoms. The van der Waals surface area contributed by atoms with Crippen LogP contribution in [-0.4, -0.2) is 50.1 Å². The molecule has 0 aromatic heterocycles. The summed E-state index contributed by atoms with van der Waals surface area (Å²) < 4.78 is 39.0. The molecule has 1 heterocycles. The maximum absolute atomic E-state index is 13.2. The van der Waals surface area contributed by atoms with E-state index in [0.717, 1.165) is 44.0 Å². The molecule has 1 N–H and O–H groups in total. The van der Waals surface area contributed by atoms with Gasteiger partial charge in [-0.25, -0.2) is 13.2 Å². The van der Waals surface area contributed by atoms with E-state index in [2.05, 4.69) is 15.1 Å². The Morgan fingerprint density at radius 3 is 2.27 bits per heavy atom. The fraction of sp³-hybridized carbons (Fsp3) is 0.316. The lowest BCUT2D eigenvalue weighted by Gasteiger charge is -2.36. The van der Waals surface area contributed by atoms with Crippen LogP contribution in [0.15, 0.2) is 42.5 Å². The topological polar surface area (TPSA) is 35.6 Å². The average Bonchev–Trinajstić information content (AvgIpc) is 2.65. The number of hydrogen-bond acceptors (Lipinski definition) is 3. The van der Waals surface area contributed by atoms with Gasteiger partial charge in [0.1, 0.15) is 5.82 Å². The number of nitrogens with zero attached hydrogens (tertiary/aromatic N) is 2. The monoisotopic (exact) mass is 363 g/mol. The SMILES string of the molecule is O=C(NCCN1CCN(c2ccc(F)cc2)CC1)c1ccc(F)c(F)c1. The quantitative estimate of drug-likeness (QED) is 0.887. The van der Waals surface area contributed by atoms with Gasteiger partial charge in [-0.15, -0.1) is 0 Å². The molecule has 1 saturated heterocycles. The third-order valence-corrected chi connectivity index (χ3v) is 4.46. The highest BCUT2D eigenvalue weighted by Gasteiger charge is 2.17. The highest BCUT2D eigenvalue weighted by atomic mass is 19.2. The van der Waals surface area contributed by atoms with E-state index in [1.807, 2.05) is 0 Å². The standard InChI is InChI=1S/C19H20F3N3O/c20-15-2-4-16(5-3-15)25-11-9-24(10-12-25)8-7-23-19(26)14-1-6-17(21)18(22)13-14/h1-6,13H,7-12H2,(H,23,26). The Labute approximate surface area is 150 Å². The molecule has 2 aromatic carbocycles. The van der Waals surface area contributed by atoms with Gasteiger partial charge in [-0.3, -0.25) is 9.69 Å². The van der Waals surface area contributed by atoms with Crippen LogP contribution in [0.4, 0.5) is 18.9 Å². The Hall–Kier alpha value is -2.54. The zero-order chi connectivity index (χ0) is 18.5. The molecule has 0 atom stereocenters. The third kappa shape index (κ3) is 4.54. The summed E-state index contributed by atoms with van der Waals surface area (Å²) in [6.45, 7) is 4.41. The lowest BCUT2D eigenvalue weighted by Crippen LogP contribution is -2.48. The summed E-state index contributed by atoms with van der Waals surface area (Å²) in [5.41, 5.74) is 1.10. The highest BCUT2D eigenvalue weighted by Crippen LogP contribution is 2.16. The van der Waals surface area contributed by atoms with Crippen molar-refractivity contribution in [2.75, 3.05) is 44.2 Å². The summed E-state index contributed by atoms with van der Waals surface area (Å²) in [4.78, 5) is 16.4. The number of hydrogen-bond donors (Lipinski definition) is 1. The van der Waals surface area contributed by atoms with E-state index in [0.29, 0.717) is 13.1 Å². The molecule has 0 spiro atoms. The molecule has 0 unspecified atom stereocenters. The van der Waals surface area contributed by atoms with Crippen molar-refractivity contribution in [3.8, 4) is 0 Å². The van der Waals surface area contributed by atoms with Gasteiger partial charge >= 0.3 is 0 Å². The normalized spacial score (nSPS) is 15.1. The number of rotatable bonds is 5. The summed E-state index contributed by atoms with van der Waals surface area (Å²) in [6.07, 6.45) is 0. The lowest BCUT2D eigenvalue weighted by molar-refractivity contribution is 0.0947. The Morgan fingerprint density at radius 2 is 1.62 bits per heavy atom. The van der Waals surface area contributed by atoms with E-state index in [1.54, 1.807) is 12.1 Å². The summed E-state index contributed by atoms with van der Waals surface area (Å²) in [6, 6.07) is 9.55. The Bertz CT molecular complexity index is 759. The lowest BCUT2D eigenvalue weighted by atomic mass is 10.2. The predicted molar refractivity (Wildman–Crippen MR) is 93.7 cm³/mol. The Kier molecular flexibility index (Phi) is 5.78. The second kappa shape index (κ2) is 8.23. The Balaban J connectivity index is 1.41. The minimum Gasteiger partial charge on any atom is -0.369 e. The molecule has 2 aromatic rings. The van der Waals surface area contributed by atoms with E-state index in [1.165, 1.54) is 18.2 Å². The van der Waals surface area contributed by atoms with E-state index in [9.17, 15) is 18.0 Å². The van der Waals surface area contributed by atoms with Crippen LogP contribution < -0.4 is 10.2 Å². The number of amides is 1. The largest absolute Gasteiger partial charge is 0.369 e. The van der Waals surface area contributed by atoms with Crippen LogP contribution >= 0.6 is 0 Å². The molecular weight excluding hydrogens is 343 g/mol. The van der Waals surface area contributed by atoms with E-state index < -0.39 is 17.5 Å². The van der Waals surface area contributed by atoms with Crippen LogP contribution in [0.1, 0.15) is 10.4 Å². The minimum atomic E-state index is -1.03. The van der Waals surface area contributed by atoms with Crippen molar-refractivity contribution in [1.29, 1.82) is 0 Å². The zero-order valence-electron chi connectivity index (χ0n) is 14.2. The molecule has 1 aliphatic rings. The highest BCUT2D eigenvalue weighted by molar-refractivity contribution is 5.94. The molecule has 1 fully saturated rings. The number of piperazine rings is 1. The molecule has 0 bridgehead atoms. The van der Waals surface area contributed by atoms with Gasteiger partial charge in [0, 0.05) is 50.5 Å². The number of anilines is 1. The van der Waals surface area contributed by atoms with Crippen molar-refractivity contribution >= 4 is 11.6 Å². The van der Waals surface area contributed by atoms with Crippen molar-refractivity contribution in [2.45, 2.75) is 0 Å². The van der Waals surface area contributed by atoms with Crippen molar-refractivity contribution < 1.29 is 18.0 Å². The number of benzene rings is 2. The zero-order valence-corrected chi connectivity index (χ0v) is 14.2. The summed E-state index contributed by atoms with van der Waals surface area (Å²) in [5, 5.41) is 2.72. The number of halogens is 3. The van der Waals surface area contributed by atoms with Crippen LogP contribution in [0, 0.1) is 17.5 Å². The summed E-state index contributed by atoms with van der Waals surface area (Å²) >= 11 is 0. The first-order valence-electron chi connectivity index (χ1n) is 8.49. The first-order chi connectivity index (χ1) is 12.5. The molecule has 4 nitrogen and oxygen atoms in total. The second-order valence-electron chi connectivity index (χ2n) is 6.19. The van der Waals surface area contributed by atoms with Gasteiger partial charge in [0.05, 0.1) is 0 Å². The van der Waals surface area contributed by atoms with E-state index in [4.69, 9.17) is 0 Å². The van der Waals surface area contributed by atoms with Crippen LogP contribution in [-0.2, 0) is 0 Å². The smallest absolute Gasteiger partial charge is 0.251 e. The molecule has 0 aliphatic carbocycles. The fourth-order valence-electron chi connectivity index (χ4n) is 2.95. The van der Waals surface area contributed by atoms with Gasteiger partial charge < -0.3 is 10.2 Å².